The molecule has 2 amide bonds. The molecule has 4 nitrogen and oxygen atoms in total. The highest BCUT2D eigenvalue weighted by atomic mass is 35.5. The van der Waals surface area contributed by atoms with Crippen molar-refractivity contribution in [3.8, 4) is 0 Å². The summed E-state index contributed by atoms with van der Waals surface area (Å²) >= 11 is 7.50. The lowest BCUT2D eigenvalue weighted by molar-refractivity contribution is -0.140. The quantitative estimate of drug-likeness (QED) is 0.529. The van der Waals surface area contributed by atoms with Gasteiger partial charge in [-0.3, -0.25) is 9.59 Å². The van der Waals surface area contributed by atoms with E-state index in [2.05, 4.69) is 5.32 Å². The molecule has 0 unspecified atom stereocenters. The maximum absolute atomic E-state index is 13.3. The Balaban J connectivity index is 2.16. The average Bonchev–Trinajstić information content (AvgIpc) is 2.69. The summed E-state index contributed by atoms with van der Waals surface area (Å²) in [7, 11) is 0. The number of hydrogen-bond donors (Lipinski definition) is 1. The van der Waals surface area contributed by atoms with Crippen LogP contribution >= 0.6 is 23.4 Å². The Morgan fingerprint density at radius 3 is 2.32 bits per heavy atom. The third kappa shape index (κ3) is 8.23. The first-order valence-corrected chi connectivity index (χ1v) is 12.1. The van der Waals surface area contributed by atoms with Crippen molar-refractivity contribution in [2.75, 3.05) is 5.75 Å². The van der Waals surface area contributed by atoms with Crippen molar-refractivity contribution in [3.63, 3.8) is 0 Å². The van der Waals surface area contributed by atoms with Crippen molar-refractivity contribution >= 4 is 35.2 Å². The zero-order chi connectivity index (χ0) is 23.0. The van der Waals surface area contributed by atoms with Gasteiger partial charge in [0.2, 0.25) is 11.8 Å². The van der Waals surface area contributed by atoms with Gasteiger partial charge in [0.1, 0.15) is 6.04 Å². The van der Waals surface area contributed by atoms with Crippen LogP contribution in [0, 0.1) is 6.92 Å². The molecule has 0 bridgehead atoms. The number of carbonyl (C=O) groups excluding carboxylic acids is 2. The lowest BCUT2D eigenvalue weighted by Gasteiger charge is -2.33. The van der Waals surface area contributed by atoms with Crippen molar-refractivity contribution in [1.82, 2.24) is 10.2 Å². The summed E-state index contributed by atoms with van der Waals surface area (Å²) in [5.41, 5.74) is 2.93. The summed E-state index contributed by atoms with van der Waals surface area (Å²) < 4.78 is 0. The van der Waals surface area contributed by atoms with Crippen LogP contribution in [0.15, 0.2) is 48.5 Å². The first-order chi connectivity index (χ1) is 14.6. The van der Waals surface area contributed by atoms with Crippen LogP contribution in [0.5, 0.6) is 0 Å². The molecule has 0 fully saturated rings. The van der Waals surface area contributed by atoms with Crippen molar-refractivity contribution in [2.24, 2.45) is 0 Å². The molecule has 31 heavy (non-hydrogen) atoms. The summed E-state index contributed by atoms with van der Waals surface area (Å²) in [5.74, 6) is 0.887. The van der Waals surface area contributed by atoms with Gasteiger partial charge in [0.25, 0.3) is 0 Å². The Hall–Kier alpha value is -1.98. The van der Waals surface area contributed by atoms with Gasteiger partial charge in [-0.15, -0.1) is 11.8 Å². The fourth-order valence-corrected chi connectivity index (χ4v) is 4.26. The minimum absolute atomic E-state index is 0.0295. The minimum atomic E-state index is -0.512. The number of thioether (sulfide) groups is 1. The second kappa shape index (κ2) is 11.6. The summed E-state index contributed by atoms with van der Waals surface area (Å²) in [6, 6.07) is 15.1. The van der Waals surface area contributed by atoms with E-state index >= 15 is 0 Å². The van der Waals surface area contributed by atoms with E-state index in [-0.39, 0.29) is 17.4 Å². The molecule has 0 radical (unpaired) electrons. The van der Waals surface area contributed by atoms with Gasteiger partial charge in [0, 0.05) is 22.9 Å². The molecular weight excluding hydrogens is 428 g/mol. The molecular formula is C25H33ClN2O2S. The lowest BCUT2D eigenvalue weighted by atomic mass is 10.0. The van der Waals surface area contributed by atoms with E-state index in [0.717, 1.165) is 16.7 Å². The van der Waals surface area contributed by atoms with Crippen molar-refractivity contribution in [3.05, 3.63) is 70.2 Å². The predicted octanol–water partition coefficient (Wildman–Crippen LogP) is 5.60. The van der Waals surface area contributed by atoms with E-state index in [4.69, 9.17) is 11.6 Å². The number of benzene rings is 2. The zero-order valence-electron chi connectivity index (χ0n) is 19.1. The van der Waals surface area contributed by atoms with E-state index in [1.165, 1.54) is 0 Å². The van der Waals surface area contributed by atoms with E-state index < -0.39 is 6.04 Å². The van der Waals surface area contributed by atoms with E-state index in [1.54, 1.807) is 16.7 Å². The van der Waals surface area contributed by atoms with Crippen molar-refractivity contribution in [2.45, 2.75) is 64.9 Å². The summed E-state index contributed by atoms with van der Waals surface area (Å²) in [6.45, 7) is 10.3. The number of carbonyl (C=O) groups is 2. The van der Waals surface area contributed by atoms with Gasteiger partial charge >= 0.3 is 0 Å². The predicted molar refractivity (Wildman–Crippen MR) is 131 cm³/mol. The summed E-state index contributed by atoms with van der Waals surface area (Å²) in [6.07, 6.45) is 0.557. The molecule has 0 aliphatic heterocycles. The molecule has 0 spiro atoms. The Kier molecular flexibility index (Phi) is 9.45. The Morgan fingerprint density at radius 2 is 1.74 bits per heavy atom. The number of rotatable bonds is 9. The Bertz CT molecular complexity index is 878. The first-order valence-electron chi connectivity index (χ1n) is 10.6. The maximum Gasteiger partial charge on any atom is 0.243 e. The smallest absolute Gasteiger partial charge is 0.243 e. The van der Waals surface area contributed by atoms with Crippen LogP contribution in [0.4, 0.5) is 0 Å². The van der Waals surface area contributed by atoms with Crippen LogP contribution in [0.25, 0.3) is 0 Å². The molecule has 0 aromatic heterocycles. The van der Waals surface area contributed by atoms with E-state index in [9.17, 15) is 9.59 Å². The maximum atomic E-state index is 13.3. The number of halogens is 1. The van der Waals surface area contributed by atoms with Gasteiger partial charge in [-0.1, -0.05) is 54.9 Å². The van der Waals surface area contributed by atoms with Gasteiger partial charge in [-0.05, 0) is 62.9 Å². The zero-order valence-corrected chi connectivity index (χ0v) is 20.6. The minimum Gasteiger partial charge on any atom is -0.350 e. The second-order valence-electron chi connectivity index (χ2n) is 8.73. The molecule has 1 atom stereocenters. The van der Waals surface area contributed by atoms with Crippen LogP contribution in [-0.2, 0) is 21.9 Å². The molecule has 0 saturated heterocycles. The van der Waals surface area contributed by atoms with Gasteiger partial charge in [-0.25, -0.2) is 0 Å². The van der Waals surface area contributed by atoms with Crippen LogP contribution in [0.3, 0.4) is 0 Å². The number of hydrogen-bond acceptors (Lipinski definition) is 3. The highest BCUT2D eigenvalue weighted by Crippen LogP contribution is 2.20. The van der Waals surface area contributed by atoms with E-state index in [1.807, 2.05) is 83.1 Å². The van der Waals surface area contributed by atoms with Crippen molar-refractivity contribution in [1.29, 1.82) is 0 Å². The molecule has 6 heteroatoms. The largest absolute Gasteiger partial charge is 0.350 e. The second-order valence-corrected chi connectivity index (χ2v) is 10.2. The third-order valence-corrected chi connectivity index (χ3v) is 6.13. The van der Waals surface area contributed by atoms with Crippen LogP contribution in [-0.4, -0.2) is 34.0 Å². The highest BCUT2D eigenvalue weighted by Gasteiger charge is 2.30. The Labute approximate surface area is 195 Å². The Morgan fingerprint density at radius 1 is 1.10 bits per heavy atom. The van der Waals surface area contributed by atoms with Crippen LogP contribution in [0.2, 0.25) is 5.02 Å². The highest BCUT2D eigenvalue weighted by molar-refractivity contribution is 7.99. The SMILES string of the molecule is CC[C@@H](C(=O)NC(C)(C)C)N(Cc1ccccc1C)C(=O)CSCc1ccc(Cl)cc1. The molecule has 0 aliphatic carbocycles. The molecule has 1 N–H and O–H groups in total. The fourth-order valence-electron chi connectivity index (χ4n) is 3.26. The standard InChI is InChI=1S/C25H33ClN2O2S/c1-6-22(24(30)27-25(3,4)5)28(15-20-10-8-7-9-18(20)2)23(29)17-31-16-19-11-13-21(26)14-12-19/h7-14,22H,6,15-17H2,1-5H3,(H,27,30)/t22-/m0/s1. The normalized spacial score (nSPS) is 12.3. The van der Waals surface area contributed by atoms with Gasteiger partial charge < -0.3 is 10.2 Å². The molecule has 2 rings (SSSR count). The van der Waals surface area contributed by atoms with Crippen molar-refractivity contribution < 1.29 is 9.59 Å². The van der Waals surface area contributed by atoms with Crippen LogP contribution < -0.4 is 5.32 Å². The molecule has 168 valence electrons. The number of amides is 2. The number of nitrogens with zero attached hydrogens (tertiary/aromatic N) is 1. The van der Waals surface area contributed by atoms with Gasteiger partial charge in [0.15, 0.2) is 0 Å². The average molecular weight is 461 g/mol. The summed E-state index contributed by atoms with van der Waals surface area (Å²) in [4.78, 5) is 28.0. The first kappa shape index (κ1) is 25.3. The number of nitrogens with one attached hydrogen (secondary N) is 1. The molecule has 2 aromatic carbocycles. The number of aryl methyl sites for hydroxylation is 1. The monoisotopic (exact) mass is 460 g/mol. The van der Waals surface area contributed by atoms with Crippen LogP contribution in [0.1, 0.15) is 50.8 Å². The molecule has 0 heterocycles. The summed E-state index contributed by atoms with van der Waals surface area (Å²) in [5, 5.41) is 3.74. The van der Waals surface area contributed by atoms with Gasteiger partial charge in [-0.2, -0.15) is 0 Å². The lowest BCUT2D eigenvalue weighted by Crippen LogP contribution is -2.53. The van der Waals surface area contributed by atoms with Gasteiger partial charge in [0.05, 0.1) is 5.75 Å². The topological polar surface area (TPSA) is 49.4 Å². The molecule has 0 aliphatic rings. The molecule has 2 aromatic rings. The van der Waals surface area contributed by atoms with E-state index in [0.29, 0.717) is 29.5 Å². The fraction of sp³-hybridized carbons (Fsp3) is 0.440. The molecule has 0 saturated carbocycles. The third-order valence-electron chi connectivity index (χ3n) is 4.89.